The maximum atomic E-state index is 6.32. The predicted molar refractivity (Wildman–Crippen MR) is 85.8 cm³/mol. The molecule has 3 heteroatoms. The molecule has 3 nitrogen and oxygen atoms in total. The maximum absolute atomic E-state index is 6.32. The number of pyridine rings is 1. The molecule has 0 bridgehead atoms. The SMILES string of the molecule is CC1CCCCCC1Nc1ccc2ncccc2c1N. The van der Waals surface area contributed by atoms with E-state index in [0.717, 1.165) is 22.3 Å². The third-order valence-corrected chi connectivity index (χ3v) is 4.53. The Labute approximate surface area is 120 Å². The monoisotopic (exact) mass is 269 g/mol. The molecule has 0 aliphatic heterocycles. The number of aromatic nitrogens is 1. The van der Waals surface area contributed by atoms with Crippen molar-refractivity contribution in [1.82, 2.24) is 4.98 Å². The Morgan fingerprint density at radius 2 is 2.00 bits per heavy atom. The van der Waals surface area contributed by atoms with Crippen LogP contribution >= 0.6 is 0 Å². The molecule has 1 aromatic carbocycles. The second-order valence-corrected chi connectivity index (χ2v) is 5.96. The molecule has 2 atom stereocenters. The van der Waals surface area contributed by atoms with Gasteiger partial charge in [-0.1, -0.05) is 26.2 Å². The van der Waals surface area contributed by atoms with Gasteiger partial charge in [0, 0.05) is 17.6 Å². The van der Waals surface area contributed by atoms with E-state index in [9.17, 15) is 0 Å². The van der Waals surface area contributed by atoms with Crippen LogP contribution in [0.2, 0.25) is 0 Å². The van der Waals surface area contributed by atoms with Crippen LogP contribution in [0.3, 0.4) is 0 Å². The molecular weight excluding hydrogens is 246 g/mol. The topological polar surface area (TPSA) is 50.9 Å². The third-order valence-electron chi connectivity index (χ3n) is 4.53. The van der Waals surface area contributed by atoms with Crippen molar-refractivity contribution in [3.05, 3.63) is 30.5 Å². The van der Waals surface area contributed by atoms with E-state index in [1.54, 1.807) is 0 Å². The lowest BCUT2D eigenvalue weighted by Gasteiger charge is -2.25. The summed E-state index contributed by atoms with van der Waals surface area (Å²) in [6.45, 7) is 2.35. The van der Waals surface area contributed by atoms with E-state index in [1.165, 1.54) is 32.1 Å². The summed E-state index contributed by atoms with van der Waals surface area (Å²) in [5, 5.41) is 4.72. The lowest BCUT2D eigenvalue weighted by Crippen LogP contribution is -2.26. The van der Waals surface area contributed by atoms with Crippen molar-refractivity contribution >= 4 is 22.3 Å². The van der Waals surface area contributed by atoms with Crippen molar-refractivity contribution in [3.63, 3.8) is 0 Å². The van der Waals surface area contributed by atoms with Crippen molar-refractivity contribution in [3.8, 4) is 0 Å². The van der Waals surface area contributed by atoms with Crippen molar-refractivity contribution in [1.29, 1.82) is 0 Å². The summed E-state index contributed by atoms with van der Waals surface area (Å²) in [5.74, 6) is 0.710. The van der Waals surface area contributed by atoms with E-state index in [-0.39, 0.29) is 0 Å². The molecule has 2 unspecified atom stereocenters. The van der Waals surface area contributed by atoms with Gasteiger partial charge in [-0.3, -0.25) is 4.98 Å². The Morgan fingerprint density at radius 1 is 1.15 bits per heavy atom. The number of nitrogens with two attached hydrogens (primary N) is 1. The van der Waals surface area contributed by atoms with Crippen molar-refractivity contribution in [2.75, 3.05) is 11.1 Å². The molecule has 3 N–H and O–H groups in total. The van der Waals surface area contributed by atoms with Crippen molar-refractivity contribution < 1.29 is 0 Å². The fourth-order valence-corrected chi connectivity index (χ4v) is 3.21. The van der Waals surface area contributed by atoms with Crippen LogP contribution in [-0.4, -0.2) is 11.0 Å². The van der Waals surface area contributed by atoms with Gasteiger partial charge in [0.25, 0.3) is 0 Å². The maximum Gasteiger partial charge on any atom is 0.0724 e. The normalized spacial score (nSPS) is 23.4. The second kappa shape index (κ2) is 5.70. The summed E-state index contributed by atoms with van der Waals surface area (Å²) in [7, 11) is 0. The predicted octanol–water partition coefficient (Wildman–Crippen LogP) is 4.20. The van der Waals surface area contributed by atoms with Gasteiger partial charge in [-0.15, -0.1) is 0 Å². The van der Waals surface area contributed by atoms with Gasteiger partial charge in [0.2, 0.25) is 0 Å². The van der Waals surface area contributed by atoms with Crippen LogP contribution < -0.4 is 11.1 Å². The van der Waals surface area contributed by atoms with Crippen LogP contribution in [0.15, 0.2) is 30.5 Å². The van der Waals surface area contributed by atoms with Crippen LogP contribution in [-0.2, 0) is 0 Å². The van der Waals surface area contributed by atoms with Gasteiger partial charge < -0.3 is 11.1 Å². The highest BCUT2D eigenvalue weighted by atomic mass is 14.9. The van der Waals surface area contributed by atoms with E-state index in [2.05, 4.69) is 29.4 Å². The number of fused-ring (bicyclic) bond motifs is 1. The van der Waals surface area contributed by atoms with Gasteiger partial charge in [0.1, 0.15) is 0 Å². The fraction of sp³-hybridized carbons (Fsp3) is 0.471. The minimum atomic E-state index is 0.536. The van der Waals surface area contributed by atoms with E-state index in [4.69, 9.17) is 5.73 Å². The van der Waals surface area contributed by atoms with Crippen LogP contribution in [0, 0.1) is 5.92 Å². The average molecular weight is 269 g/mol. The molecule has 1 aliphatic carbocycles. The highest BCUT2D eigenvalue weighted by molar-refractivity contribution is 5.96. The number of nitrogen functional groups attached to an aromatic ring is 1. The Balaban J connectivity index is 1.88. The second-order valence-electron chi connectivity index (χ2n) is 5.96. The first kappa shape index (κ1) is 13.2. The Morgan fingerprint density at radius 3 is 2.90 bits per heavy atom. The summed E-state index contributed by atoms with van der Waals surface area (Å²) >= 11 is 0. The highest BCUT2D eigenvalue weighted by Gasteiger charge is 2.20. The quantitative estimate of drug-likeness (QED) is 0.634. The average Bonchev–Trinajstić information content (AvgIpc) is 2.67. The minimum Gasteiger partial charge on any atom is -0.397 e. The number of benzene rings is 1. The van der Waals surface area contributed by atoms with E-state index in [0.29, 0.717) is 12.0 Å². The first-order chi connectivity index (χ1) is 9.75. The van der Waals surface area contributed by atoms with E-state index < -0.39 is 0 Å². The molecule has 2 aromatic rings. The molecule has 0 amide bonds. The zero-order chi connectivity index (χ0) is 13.9. The summed E-state index contributed by atoms with van der Waals surface area (Å²) < 4.78 is 0. The molecule has 1 saturated carbocycles. The first-order valence-electron chi connectivity index (χ1n) is 7.65. The number of hydrogen-bond donors (Lipinski definition) is 2. The van der Waals surface area contributed by atoms with Crippen molar-refractivity contribution in [2.24, 2.45) is 5.92 Å². The van der Waals surface area contributed by atoms with Gasteiger partial charge in [0.15, 0.2) is 0 Å². The number of nitrogens with one attached hydrogen (secondary N) is 1. The van der Waals surface area contributed by atoms with E-state index >= 15 is 0 Å². The van der Waals surface area contributed by atoms with Gasteiger partial charge in [-0.05, 0) is 43.0 Å². The number of rotatable bonds is 2. The Kier molecular flexibility index (Phi) is 3.77. The summed E-state index contributed by atoms with van der Waals surface area (Å²) in [6, 6.07) is 8.64. The molecule has 0 radical (unpaired) electrons. The van der Waals surface area contributed by atoms with Gasteiger partial charge in [0.05, 0.1) is 16.9 Å². The molecule has 0 saturated heterocycles. The number of hydrogen-bond acceptors (Lipinski definition) is 3. The molecule has 1 aliphatic rings. The first-order valence-corrected chi connectivity index (χ1v) is 7.65. The largest absolute Gasteiger partial charge is 0.397 e. The standard InChI is InChI=1S/C17H23N3/c1-12-6-3-2-4-8-14(12)20-16-10-9-15-13(17(16)18)7-5-11-19-15/h5,7,9-12,14,20H,2-4,6,8,18H2,1H3. The smallest absolute Gasteiger partial charge is 0.0724 e. The van der Waals surface area contributed by atoms with Crippen LogP contribution in [0.5, 0.6) is 0 Å². The molecule has 20 heavy (non-hydrogen) atoms. The third kappa shape index (κ3) is 2.58. The highest BCUT2D eigenvalue weighted by Crippen LogP contribution is 2.31. The van der Waals surface area contributed by atoms with Crippen LogP contribution in [0.4, 0.5) is 11.4 Å². The molecule has 106 valence electrons. The van der Waals surface area contributed by atoms with Gasteiger partial charge >= 0.3 is 0 Å². The summed E-state index contributed by atoms with van der Waals surface area (Å²) in [5.41, 5.74) is 9.17. The fourth-order valence-electron chi connectivity index (χ4n) is 3.21. The summed E-state index contributed by atoms with van der Waals surface area (Å²) in [6.07, 6.45) is 8.40. The summed E-state index contributed by atoms with van der Waals surface area (Å²) in [4.78, 5) is 4.35. The molecule has 3 rings (SSSR count). The zero-order valence-electron chi connectivity index (χ0n) is 12.1. The van der Waals surface area contributed by atoms with Crippen molar-refractivity contribution in [2.45, 2.75) is 45.1 Å². The van der Waals surface area contributed by atoms with Gasteiger partial charge in [-0.2, -0.15) is 0 Å². The Bertz CT molecular complexity index is 594. The molecule has 1 fully saturated rings. The van der Waals surface area contributed by atoms with Crippen LogP contribution in [0.25, 0.3) is 10.9 Å². The van der Waals surface area contributed by atoms with E-state index in [1.807, 2.05) is 18.3 Å². The van der Waals surface area contributed by atoms with Crippen LogP contribution in [0.1, 0.15) is 39.0 Å². The zero-order valence-corrected chi connectivity index (χ0v) is 12.1. The Hall–Kier alpha value is -1.77. The lowest BCUT2D eigenvalue weighted by atomic mass is 9.96. The lowest BCUT2D eigenvalue weighted by molar-refractivity contribution is 0.457. The number of nitrogens with zero attached hydrogens (tertiary/aromatic N) is 1. The number of anilines is 2. The van der Waals surface area contributed by atoms with Gasteiger partial charge in [-0.25, -0.2) is 0 Å². The molecular formula is C17H23N3. The molecule has 1 aromatic heterocycles. The minimum absolute atomic E-state index is 0.536. The molecule has 1 heterocycles. The molecule has 0 spiro atoms.